The number of hydrogen-bond acceptors (Lipinski definition) is 6. The molecule has 6 heteroatoms. The molecule has 45 heavy (non-hydrogen) atoms. The maximum Gasteiger partial charge on any atom is 0.306 e. The van der Waals surface area contributed by atoms with Gasteiger partial charge in [0.2, 0.25) is 0 Å². The average molecular weight is 643 g/mol. The lowest BCUT2D eigenvalue weighted by molar-refractivity contribution is -0.265. The molecule has 0 spiro atoms. The maximum absolute atomic E-state index is 12.3. The average Bonchev–Trinajstić information content (AvgIpc) is 3.03. The molecule has 0 aromatic rings. The van der Waals surface area contributed by atoms with Gasteiger partial charge in [0, 0.05) is 6.42 Å². The van der Waals surface area contributed by atoms with Crippen LogP contribution in [-0.4, -0.2) is 41.9 Å². The van der Waals surface area contributed by atoms with E-state index in [9.17, 15) is 9.90 Å². The molecule has 0 aliphatic carbocycles. The van der Waals surface area contributed by atoms with Crippen LogP contribution in [0.4, 0.5) is 0 Å². The van der Waals surface area contributed by atoms with E-state index >= 15 is 0 Å². The second-order valence-electron chi connectivity index (χ2n) is 13.6. The van der Waals surface area contributed by atoms with Gasteiger partial charge in [-0.15, -0.1) is 0 Å². The van der Waals surface area contributed by atoms with Crippen LogP contribution in [-0.2, 0) is 19.2 Å². The van der Waals surface area contributed by atoms with E-state index in [1.54, 1.807) is 0 Å². The highest BCUT2D eigenvalue weighted by atomic mass is 17.1. The molecule has 0 aromatic heterocycles. The summed E-state index contributed by atoms with van der Waals surface area (Å²) in [7, 11) is 0. The van der Waals surface area contributed by atoms with Crippen molar-refractivity contribution in [2.75, 3.05) is 13.2 Å². The molecule has 0 radical (unpaired) electrons. The summed E-state index contributed by atoms with van der Waals surface area (Å²) in [6.07, 6.45) is 38.3. The number of aliphatic hydroxyl groups excluding tert-OH is 1. The van der Waals surface area contributed by atoms with Crippen molar-refractivity contribution in [3.05, 3.63) is 0 Å². The normalized spacial score (nSPS) is 12.9. The van der Waals surface area contributed by atoms with E-state index in [2.05, 4.69) is 18.7 Å². The van der Waals surface area contributed by atoms with Crippen LogP contribution in [0.2, 0.25) is 0 Å². The first kappa shape index (κ1) is 44.3. The van der Waals surface area contributed by atoms with Gasteiger partial charge in [-0.25, -0.2) is 4.89 Å². The standard InChI is InChI=1S/C39H78O6/c1-3-5-7-9-11-13-15-17-19-21-23-25-27-29-31-33-38(40)43-35-37(36-44-42)45-39(41)34-32-30-28-26-24-22-20-18-16-14-12-10-8-6-4-2/h37-38,40,42H,3-36H2,1-2H3/t37?,38-/m1/s1. The molecule has 0 aliphatic heterocycles. The largest absolute Gasteiger partial charge is 0.457 e. The summed E-state index contributed by atoms with van der Waals surface area (Å²) in [5, 5.41) is 19.1. The van der Waals surface area contributed by atoms with E-state index in [0.29, 0.717) is 12.8 Å². The Bertz CT molecular complexity index is 572. The maximum atomic E-state index is 12.3. The quantitative estimate of drug-likeness (QED) is 0.0229. The molecule has 1 unspecified atom stereocenters. The zero-order chi connectivity index (χ0) is 32.9. The molecule has 0 saturated heterocycles. The van der Waals surface area contributed by atoms with Gasteiger partial charge >= 0.3 is 5.97 Å². The van der Waals surface area contributed by atoms with Crippen molar-refractivity contribution in [3.8, 4) is 0 Å². The van der Waals surface area contributed by atoms with Crippen molar-refractivity contribution < 1.29 is 29.5 Å². The van der Waals surface area contributed by atoms with Crippen LogP contribution in [0.3, 0.4) is 0 Å². The SMILES string of the molecule is CCCCCCCCCCCCCCCCCC(=O)OC(COO)CO[C@@H](O)CCCCCCCCCCCCCCCCC. The monoisotopic (exact) mass is 643 g/mol. The van der Waals surface area contributed by atoms with Gasteiger partial charge in [0.15, 0.2) is 12.4 Å². The molecule has 0 aliphatic rings. The number of esters is 1. The van der Waals surface area contributed by atoms with Gasteiger partial charge in [0.25, 0.3) is 0 Å². The first-order chi connectivity index (χ1) is 22.1. The van der Waals surface area contributed by atoms with Crippen molar-refractivity contribution in [2.24, 2.45) is 0 Å². The van der Waals surface area contributed by atoms with Crippen LogP contribution in [0.15, 0.2) is 0 Å². The van der Waals surface area contributed by atoms with Crippen molar-refractivity contribution in [3.63, 3.8) is 0 Å². The Kier molecular flexibility index (Phi) is 37.2. The van der Waals surface area contributed by atoms with Crippen LogP contribution < -0.4 is 0 Å². The summed E-state index contributed by atoms with van der Waals surface area (Å²) in [6.45, 7) is 4.40. The number of carbonyl (C=O) groups is 1. The Morgan fingerprint density at radius 2 is 0.822 bits per heavy atom. The molecule has 0 fully saturated rings. The number of aliphatic hydroxyl groups is 1. The van der Waals surface area contributed by atoms with Gasteiger partial charge in [-0.3, -0.25) is 10.1 Å². The topological polar surface area (TPSA) is 85.2 Å². The summed E-state index contributed by atoms with van der Waals surface area (Å²) in [4.78, 5) is 16.5. The molecule has 0 amide bonds. The van der Waals surface area contributed by atoms with E-state index in [1.807, 2.05) is 0 Å². The summed E-state index contributed by atoms with van der Waals surface area (Å²) in [5.41, 5.74) is 0. The van der Waals surface area contributed by atoms with Crippen LogP contribution in [0, 0.1) is 0 Å². The smallest absolute Gasteiger partial charge is 0.306 e. The van der Waals surface area contributed by atoms with Crippen molar-refractivity contribution in [2.45, 2.75) is 232 Å². The predicted octanol–water partition coefficient (Wildman–Crippen LogP) is 12.2. The summed E-state index contributed by atoms with van der Waals surface area (Å²) in [6, 6.07) is 0. The first-order valence-corrected chi connectivity index (χ1v) is 19.9. The minimum absolute atomic E-state index is 0.0189. The highest BCUT2D eigenvalue weighted by Gasteiger charge is 2.17. The van der Waals surface area contributed by atoms with Crippen molar-refractivity contribution in [1.29, 1.82) is 0 Å². The molecule has 0 bridgehead atoms. The van der Waals surface area contributed by atoms with Crippen LogP contribution in [0.1, 0.15) is 219 Å². The molecule has 270 valence electrons. The molecule has 2 atom stereocenters. The number of ether oxygens (including phenoxy) is 2. The van der Waals surface area contributed by atoms with Gasteiger partial charge < -0.3 is 14.6 Å². The fraction of sp³-hybridized carbons (Fsp3) is 0.974. The zero-order valence-electron chi connectivity index (χ0n) is 30.2. The molecule has 0 rings (SSSR count). The van der Waals surface area contributed by atoms with Gasteiger partial charge in [-0.1, -0.05) is 194 Å². The lowest BCUT2D eigenvalue weighted by atomic mass is 10.0. The molecule has 6 nitrogen and oxygen atoms in total. The Morgan fingerprint density at radius 3 is 1.18 bits per heavy atom. The minimum Gasteiger partial charge on any atom is -0.457 e. The highest BCUT2D eigenvalue weighted by Crippen LogP contribution is 2.16. The molecule has 0 saturated carbocycles. The lowest BCUT2D eigenvalue weighted by Gasteiger charge is -2.19. The molecule has 0 heterocycles. The van der Waals surface area contributed by atoms with Gasteiger partial charge in [-0.2, -0.15) is 0 Å². The van der Waals surface area contributed by atoms with E-state index in [4.69, 9.17) is 14.7 Å². The van der Waals surface area contributed by atoms with E-state index in [0.717, 1.165) is 32.1 Å². The number of unbranched alkanes of at least 4 members (excludes halogenated alkanes) is 28. The van der Waals surface area contributed by atoms with Gasteiger partial charge in [0.1, 0.15) is 6.61 Å². The number of rotatable bonds is 38. The third-order valence-corrected chi connectivity index (χ3v) is 9.07. The number of carbonyl (C=O) groups excluding carboxylic acids is 1. The van der Waals surface area contributed by atoms with Crippen molar-refractivity contribution in [1.82, 2.24) is 0 Å². The second kappa shape index (κ2) is 37.8. The second-order valence-corrected chi connectivity index (χ2v) is 13.6. The third kappa shape index (κ3) is 36.0. The molecule has 0 aromatic carbocycles. The summed E-state index contributed by atoms with van der Waals surface area (Å²) in [5.74, 6) is -0.299. The van der Waals surface area contributed by atoms with Crippen LogP contribution in [0.5, 0.6) is 0 Å². The van der Waals surface area contributed by atoms with Crippen molar-refractivity contribution >= 4 is 5.97 Å². The Hall–Kier alpha value is -0.690. The lowest BCUT2D eigenvalue weighted by Crippen LogP contribution is -2.30. The Balaban J connectivity index is 3.59. The molecule has 2 N–H and O–H groups in total. The zero-order valence-corrected chi connectivity index (χ0v) is 30.2. The highest BCUT2D eigenvalue weighted by molar-refractivity contribution is 5.69. The fourth-order valence-corrected chi connectivity index (χ4v) is 6.08. The summed E-state index contributed by atoms with van der Waals surface area (Å²) >= 11 is 0. The van der Waals surface area contributed by atoms with Crippen LogP contribution >= 0.6 is 0 Å². The van der Waals surface area contributed by atoms with E-state index < -0.39 is 12.4 Å². The summed E-state index contributed by atoms with van der Waals surface area (Å²) < 4.78 is 10.9. The number of hydrogen-bond donors (Lipinski definition) is 2. The Morgan fingerprint density at radius 1 is 0.489 bits per heavy atom. The van der Waals surface area contributed by atoms with E-state index in [1.165, 1.54) is 161 Å². The van der Waals surface area contributed by atoms with Gasteiger partial charge in [-0.05, 0) is 19.3 Å². The Labute approximate surface area is 280 Å². The van der Waals surface area contributed by atoms with E-state index in [-0.39, 0.29) is 19.2 Å². The molecular formula is C39H78O6. The minimum atomic E-state index is -0.887. The third-order valence-electron chi connectivity index (χ3n) is 9.07. The van der Waals surface area contributed by atoms with Crippen LogP contribution in [0.25, 0.3) is 0 Å². The van der Waals surface area contributed by atoms with Gasteiger partial charge in [0.05, 0.1) is 6.61 Å². The predicted molar refractivity (Wildman–Crippen MR) is 190 cm³/mol. The first-order valence-electron chi connectivity index (χ1n) is 19.9. The fourth-order valence-electron chi connectivity index (χ4n) is 6.08. The molecular weight excluding hydrogens is 564 g/mol.